The number of aromatic nitrogens is 3. The fraction of sp³-hybridized carbons (Fsp3) is 0.333. The molecule has 1 aliphatic rings. The van der Waals surface area contributed by atoms with Gasteiger partial charge in [-0.2, -0.15) is 9.61 Å². The molecule has 0 amide bonds. The first-order valence-corrected chi connectivity index (χ1v) is 9.29. The van der Waals surface area contributed by atoms with Gasteiger partial charge in [-0.15, -0.1) is 6.58 Å². The second-order valence-electron chi connectivity index (χ2n) is 7.10. The highest BCUT2D eigenvalue weighted by Gasteiger charge is 2.25. The average molecular weight is 348 g/mol. The number of hydrogen-bond acceptors (Lipinski definition) is 3. The summed E-state index contributed by atoms with van der Waals surface area (Å²) in [5.41, 5.74) is 5.47. The molecular weight excluding hydrogens is 322 g/mol. The topological polar surface area (TPSA) is 37.9 Å². The quantitative estimate of drug-likeness (QED) is 0.730. The number of allylic oxidation sites excluding steroid dienone is 1. The summed E-state index contributed by atoms with van der Waals surface area (Å²) >= 11 is 0. The number of aryl methyl sites for hydroxylation is 1. The van der Waals surface area contributed by atoms with E-state index >= 15 is 0 Å². The van der Waals surface area contributed by atoms with Gasteiger partial charge in [0, 0.05) is 16.8 Å². The van der Waals surface area contributed by atoms with E-state index < -0.39 is 0 Å². The number of rotatable bonds is 4. The molecule has 5 heteroatoms. The smallest absolute Gasteiger partial charge is 0.165 e. The van der Waals surface area contributed by atoms with Crippen LogP contribution in [0.4, 0.5) is 5.82 Å². The van der Waals surface area contributed by atoms with Crippen molar-refractivity contribution in [1.29, 1.82) is 0 Å². The summed E-state index contributed by atoms with van der Waals surface area (Å²) in [4.78, 5) is 8.97. The van der Waals surface area contributed by atoms with Gasteiger partial charge in [0.25, 0.3) is 0 Å². The Labute approximate surface area is 154 Å². The van der Waals surface area contributed by atoms with Crippen LogP contribution in [0.5, 0.6) is 0 Å². The van der Waals surface area contributed by atoms with E-state index in [0.29, 0.717) is 0 Å². The van der Waals surface area contributed by atoms with Crippen molar-refractivity contribution in [1.82, 2.24) is 14.6 Å². The summed E-state index contributed by atoms with van der Waals surface area (Å²) in [5.74, 6) is 1.18. The summed E-state index contributed by atoms with van der Waals surface area (Å²) in [7, 11) is 2.26. The highest BCUT2D eigenvalue weighted by molar-refractivity contribution is 5.79. The Hall–Kier alpha value is -2.66. The maximum Gasteiger partial charge on any atom is 0.165 e. The third-order valence-electron chi connectivity index (χ3n) is 5.27. The highest BCUT2D eigenvalue weighted by Crippen LogP contribution is 2.30. The molecule has 0 aliphatic carbocycles. The normalized spacial score (nSPS) is 15.5. The largest absolute Gasteiger partial charge is 0.345 e. The van der Waals surface area contributed by atoms with E-state index in [2.05, 4.69) is 49.7 Å². The molecule has 1 N–H and O–H groups in total. The number of nitrogens with one attached hydrogen (secondary N) is 1. The average Bonchev–Trinajstić information content (AvgIpc) is 3.07. The number of quaternary nitrogens is 1. The van der Waals surface area contributed by atoms with Crippen LogP contribution >= 0.6 is 0 Å². The number of fused-ring (bicyclic) bond motifs is 1. The van der Waals surface area contributed by atoms with Crippen LogP contribution in [0, 0.1) is 6.92 Å². The van der Waals surface area contributed by atoms with Gasteiger partial charge in [-0.05, 0) is 18.9 Å². The Morgan fingerprint density at radius 2 is 1.92 bits per heavy atom. The molecule has 26 heavy (non-hydrogen) atoms. The molecule has 3 aromatic rings. The van der Waals surface area contributed by atoms with Gasteiger partial charge < -0.3 is 9.80 Å². The van der Waals surface area contributed by atoms with E-state index in [1.54, 1.807) is 4.90 Å². The van der Waals surface area contributed by atoms with E-state index in [4.69, 9.17) is 10.1 Å². The molecule has 0 saturated carbocycles. The monoisotopic (exact) mass is 348 g/mol. The third-order valence-corrected chi connectivity index (χ3v) is 5.27. The van der Waals surface area contributed by atoms with Crippen LogP contribution in [0.1, 0.15) is 11.3 Å². The molecule has 3 heterocycles. The van der Waals surface area contributed by atoms with Gasteiger partial charge in [0.2, 0.25) is 0 Å². The summed E-state index contributed by atoms with van der Waals surface area (Å²) in [5, 5.41) is 4.74. The van der Waals surface area contributed by atoms with Crippen molar-refractivity contribution >= 4 is 11.5 Å². The zero-order valence-corrected chi connectivity index (χ0v) is 15.6. The zero-order chi connectivity index (χ0) is 18.1. The lowest BCUT2D eigenvalue weighted by atomic mass is 10.1. The number of anilines is 1. The van der Waals surface area contributed by atoms with Crippen molar-refractivity contribution in [2.24, 2.45) is 0 Å². The van der Waals surface area contributed by atoms with Crippen molar-refractivity contribution in [3.8, 4) is 11.1 Å². The maximum atomic E-state index is 4.92. The molecule has 1 saturated heterocycles. The van der Waals surface area contributed by atoms with Crippen molar-refractivity contribution in [3.05, 3.63) is 60.4 Å². The standard InChI is InChI=1S/C21H25N5/c1-4-8-18-16(2)23-20-19(17-9-6-5-7-10-17)15-22-26(20)21(18)25-13-11-24(3)12-14-25/h4-7,9-10,15H,1,8,11-14H2,2-3H3/p+1. The van der Waals surface area contributed by atoms with Crippen molar-refractivity contribution in [3.63, 3.8) is 0 Å². The molecule has 0 bridgehead atoms. The van der Waals surface area contributed by atoms with Gasteiger partial charge in [0.05, 0.1) is 39.4 Å². The number of likely N-dealkylation sites (N-methyl/N-ethyl adjacent to an activating group) is 1. The number of benzene rings is 1. The van der Waals surface area contributed by atoms with Crippen LogP contribution in [0.3, 0.4) is 0 Å². The van der Waals surface area contributed by atoms with E-state index in [1.165, 1.54) is 11.4 Å². The van der Waals surface area contributed by atoms with Crippen LogP contribution in [-0.4, -0.2) is 47.8 Å². The first kappa shape index (κ1) is 16.8. The Kier molecular flexibility index (Phi) is 4.47. The molecule has 5 nitrogen and oxygen atoms in total. The van der Waals surface area contributed by atoms with Crippen molar-refractivity contribution < 1.29 is 4.90 Å². The first-order chi connectivity index (χ1) is 12.7. The van der Waals surface area contributed by atoms with Crippen LogP contribution in [0.2, 0.25) is 0 Å². The Bertz CT molecular complexity index is 920. The fourth-order valence-electron chi connectivity index (χ4n) is 3.75. The molecule has 1 aliphatic heterocycles. The summed E-state index contributed by atoms with van der Waals surface area (Å²) in [6.07, 6.45) is 4.71. The van der Waals surface area contributed by atoms with Gasteiger partial charge in [-0.1, -0.05) is 36.4 Å². The molecule has 1 aromatic carbocycles. The van der Waals surface area contributed by atoms with Gasteiger partial charge in [0.15, 0.2) is 5.65 Å². The maximum absolute atomic E-state index is 4.92. The minimum Gasteiger partial charge on any atom is -0.345 e. The van der Waals surface area contributed by atoms with Crippen LogP contribution in [-0.2, 0) is 6.42 Å². The molecule has 0 unspecified atom stereocenters. The lowest BCUT2D eigenvalue weighted by Crippen LogP contribution is -3.12. The minimum atomic E-state index is 0.809. The summed E-state index contributed by atoms with van der Waals surface area (Å²) < 4.78 is 2.04. The SMILES string of the molecule is C=CCc1c(C)nc2c(-c3ccccc3)cnn2c1N1CC[NH+](C)CC1. The van der Waals surface area contributed by atoms with Crippen LogP contribution in [0.15, 0.2) is 49.2 Å². The van der Waals surface area contributed by atoms with Gasteiger partial charge in [-0.3, -0.25) is 0 Å². The fourth-order valence-corrected chi connectivity index (χ4v) is 3.75. The van der Waals surface area contributed by atoms with Crippen molar-refractivity contribution in [2.75, 3.05) is 38.1 Å². The molecular formula is C21H26N5+. The molecule has 134 valence electrons. The number of piperazine rings is 1. The highest BCUT2D eigenvalue weighted by atomic mass is 15.4. The van der Waals surface area contributed by atoms with Crippen molar-refractivity contribution in [2.45, 2.75) is 13.3 Å². The van der Waals surface area contributed by atoms with Crippen LogP contribution in [0.25, 0.3) is 16.8 Å². The van der Waals surface area contributed by atoms with E-state index in [0.717, 1.165) is 55.1 Å². The summed E-state index contributed by atoms with van der Waals surface area (Å²) in [6.45, 7) is 10.4. The predicted octanol–water partition coefficient (Wildman–Crippen LogP) is 1.77. The van der Waals surface area contributed by atoms with E-state index in [9.17, 15) is 0 Å². The van der Waals surface area contributed by atoms with Crippen LogP contribution < -0.4 is 9.80 Å². The minimum absolute atomic E-state index is 0.809. The van der Waals surface area contributed by atoms with E-state index in [-0.39, 0.29) is 0 Å². The van der Waals surface area contributed by atoms with Gasteiger partial charge in [0.1, 0.15) is 5.82 Å². The van der Waals surface area contributed by atoms with Gasteiger partial charge >= 0.3 is 0 Å². The Morgan fingerprint density at radius 1 is 1.19 bits per heavy atom. The molecule has 4 rings (SSSR count). The molecule has 0 spiro atoms. The second-order valence-corrected chi connectivity index (χ2v) is 7.10. The third kappa shape index (κ3) is 2.88. The Balaban J connectivity index is 1.91. The molecule has 0 atom stereocenters. The first-order valence-electron chi connectivity index (χ1n) is 9.29. The molecule has 0 radical (unpaired) electrons. The number of hydrogen-bond donors (Lipinski definition) is 1. The molecule has 2 aromatic heterocycles. The van der Waals surface area contributed by atoms with Gasteiger partial charge in [-0.25, -0.2) is 4.98 Å². The summed E-state index contributed by atoms with van der Waals surface area (Å²) in [6, 6.07) is 10.4. The Morgan fingerprint density at radius 3 is 2.62 bits per heavy atom. The predicted molar refractivity (Wildman–Crippen MR) is 106 cm³/mol. The second kappa shape index (κ2) is 6.92. The lowest BCUT2D eigenvalue weighted by molar-refractivity contribution is -0.880. The zero-order valence-electron chi connectivity index (χ0n) is 15.6. The van der Waals surface area contributed by atoms with E-state index in [1.807, 2.05) is 22.9 Å². The number of nitrogens with zero attached hydrogens (tertiary/aromatic N) is 4. The molecule has 1 fully saturated rings. The lowest BCUT2D eigenvalue weighted by Gasteiger charge is -2.33.